The summed E-state index contributed by atoms with van der Waals surface area (Å²) in [4.78, 5) is 25.9. The lowest BCUT2D eigenvalue weighted by Crippen LogP contribution is -2.35. The van der Waals surface area contributed by atoms with E-state index in [4.69, 9.17) is 11.6 Å². The van der Waals surface area contributed by atoms with E-state index in [1.165, 1.54) is 12.5 Å². The van der Waals surface area contributed by atoms with Crippen LogP contribution < -0.4 is 4.90 Å². The number of hydrogen-bond acceptors (Lipinski definition) is 7. The van der Waals surface area contributed by atoms with Crippen molar-refractivity contribution in [3.05, 3.63) is 58.8 Å². The summed E-state index contributed by atoms with van der Waals surface area (Å²) in [6, 6.07) is 5.81. The standard InChI is InChI=1S/C23H26ClFN8O/c1-30(2)21(34)13-31-11-16-9-17(24)3-4-19(16)33-20(12-31)28-29-22(33)15-5-7-32(8-6-15)23-18(25)10-26-14-27-23/h3-4,9-10,14-15H,5-8,11-13H2,1-2H3. The number of carbonyl (C=O) groups excluding carboxylic acids is 1. The number of anilines is 1. The third kappa shape index (κ3) is 4.35. The normalized spacial score (nSPS) is 16.6. The van der Waals surface area contributed by atoms with Gasteiger partial charge < -0.3 is 9.80 Å². The van der Waals surface area contributed by atoms with E-state index in [1.54, 1.807) is 19.0 Å². The van der Waals surface area contributed by atoms with E-state index < -0.39 is 5.82 Å². The number of amides is 1. The number of halogens is 2. The Bertz CT molecular complexity index is 1210. The van der Waals surface area contributed by atoms with E-state index in [0.29, 0.717) is 37.0 Å². The molecule has 1 amide bonds. The monoisotopic (exact) mass is 484 g/mol. The molecule has 2 aliphatic rings. The van der Waals surface area contributed by atoms with Gasteiger partial charge in [0.05, 0.1) is 25.0 Å². The van der Waals surface area contributed by atoms with Crippen LogP contribution in [0.2, 0.25) is 5.02 Å². The smallest absolute Gasteiger partial charge is 0.236 e. The van der Waals surface area contributed by atoms with Gasteiger partial charge in [-0.1, -0.05) is 11.6 Å². The molecule has 2 aromatic heterocycles. The number of aromatic nitrogens is 5. The lowest BCUT2D eigenvalue weighted by molar-refractivity contribution is -0.130. The van der Waals surface area contributed by atoms with Gasteiger partial charge in [0.15, 0.2) is 17.5 Å². The molecule has 0 atom stereocenters. The second kappa shape index (κ2) is 9.27. The first-order valence-electron chi connectivity index (χ1n) is 11.3. The maximum absolute atomic E-state index is 14.2. The largest absolute Gasteiger partial charge is 0.354 e. The average Bonchev–Trinajstić information content (AvgIpc) is 3.16. The summed E-state index contributed by atoms with van der Waals surface area (Å²) in [6.07, 6.45) is 4.17. The molecule has 1 fully saturated rings. The molecule has 11 heteroatoms. The Labute approximate surface area is 202 Å². The van der Waals surface area contributed by atoms with Gasteiger partial charge in [-0.25, -0.2) is 14.4 Å². The number of hydrogen-bond donors (Lipinski definition) is 0. The first-order chi connectivity index (χ1) is 16.4. The predicted molar refractivity (Wildman–Crippen MR) is 125 cm³/mol. The maximum Gasteiger partial charge on any atom is 0.236 e. The van der Waals surface area contributed by atoms with Crippen molar-refractivity contribution in [2.75, 3.05) is 38.6 Å². The third-order valence-corrected chi connectivity index (χ3v) is 6.70. The Kier molecular flexibility index (Phi) is 6.18. The fourth-order valence-corrected chi connectivity index (χ4v) is 4.88. The molecule has 0 unspecified atom stereocenters. The van der Waals surface area contributed by atoms with E-state index in [2.05, 4.69) is 29.6 Å². The van der Waals surface area contributed by atoms with Crippen LogP contribution in [-0.4, -0.2) is 74.2 Å². The van der Waals surface area contributed by atoms with Gasteiger partial charge in [0.25, 0.3) is 0 Å². The quantitative estimate of drug-likeness (QED) is 0.563. The SMILES string of the molecule is CN(C)C(=O)CN1Cc2cc(Cl)ccc2-n2c(nnc2C2CCN(c3ncncc3F)CC2)C1. The van der Waals surface area contributed by atoms with Crippen LogP contribution >= 0.6 is 11.6 Å². The van der Waals surface area contributed by atoms with Gasteiger partial charge >= 0.3 is 0 Å². The molecule has 5 rings (SSSR count). The number of nitrogens with zero attached hydrogens (tertiary/aromatic N) is 8. The van der Waals surface area contributed by atoms with Crippen LogP contribution in [0.4, 0.5) is 10.2 Å². The van der Waals surface area contributed by atoms with Crippen molar-refractivity contribution >= 4 is 23.3 Å². The topological polar surface area (TPSA) is 83.3 Å². The summed E-state index contributed by atoms with van der Waals surface area (Å²) in [5, 5.41) is 9.76. The van der Waals surface area contributed by atoms with Gasteiger partial charge in [0.2, 0.25) is 5.91 Å². The highest BCUT2D eigenvalue weighted by molar-refractivity contribution is 6.30. The van der Waals surface area contributed by atoms with Gasteiger partial charge in [0, 0.05) is 44.7 Å². The van der Waals surface area contributed by atoms with E-state index in [0.717, 1.165) is 35.7 Å². The second-order valence-corrected chi connectivity index (χ2v) is 9.41. The van der Waals surface area contributed by atoms with E-state index >= 15 is 0 Å². The molecule has 0 bridgehead atoms. The summed E-state index contributed by atoms with van der Waals surface area (Å²) in [5.74, 6) is 1.82. The molecule has 1 saturated heterocycles. The molecule has 1 aromatic carbocycles. The maximum atomic E-state index is 14.2. The van der Waals surface area contributed by atoms with Gasteiger partial charge in [-0.15, -0.1) is 10.2 Å². The summed E-state index contributed by atoms with van der Waals surface area (Å²) in [5.41, 5.74) is 2.02. The molecule has 34 heavy (non-hydrogen) atoms. The number of fused-ring (bicyclic) bond motifs is 3. The van der Waals surface area contributed by atoms with Crippen molar-refractivity contribution in [2.24, 2.45) is 0 Å². The Balaban J connectivity index is 1.43. The van der Waals surface area contributed by atoms with Gasteiger partial charge in [-0.05, 0) is 36.6 Å². The molecule has 0 aliphatic carbocycles. The zero-order valence-corrected chi connectivity index (χ0v) is 19.9. The number of piperidine rings is 1. The van der Waals surface area contributed by atoms with Gasteiger partial charge in [-0.3, -0.25) is 14.3 Å². The highest BCUT2D eigenvalue weighted by Gasteiger charge is 2.31. The lowest BCUT2D eigenvalue weighted by Gasteiger charge is -2.32. The van der Waals surface area contributed by atoms with E-state index in [1.807, 2.05) is 23.1 Å². The van der Waals surface area contributed by atoms with Crippen LogP contribution in [0.15, 0.2) is 30.7 Å². The molecule has 0 radical (unpaired) electrons. The lowest BCUT2D eigenvalue weighted by atomic mass is 9.95. The first-order valence-corrected chi connectivity index (χ1v) is 11.6. The van der Waals surface area contributed by atoms with Crippen molar-refractivity contribution in [1.29, 1.82) is 0 Å². The second-order valence-electron chi connectivity index (χ2n) is 8.97. The van der Waals surface area contributed by atoms with Crippen LogP contribution in [0, 0.1) is 5.82 Å². The minimum Gasteiger partial charge on any atom is -0.354 e. The highest BCUT2D eigenvalue weighted by atomic mass is 35.5. The molecule has 3 aromatic rings. The molecule has 0 N–H and O–H groups in total. The number of rotatable bonds is 4. The molecule has 0 saturated carbocycles. The first kappa shape index (κ1) is 22.7. The molecular formula is C23H26ClFN8O. The minimum atomic E-state index is -0.407. The highest BCUT2D eigenvalue weighted by Crippen LogP contribution is 2.34. The van der Waals surface area contributed by atoms with E-state index in [-0.39, 0.29) is 18.4 Å². The molecular weight excluding hydrogens is 459 g/mol. The number of benzene rings is 1. The zero-order valence-electron chi connectivity index (χ0n) is 19.2. The Morgan fingerprint density at radius 3 is 2.74 bits per heavy atom. The summed E-state index contributed by atoms with van der Waals surface area (Å²) < 4.78 is 16.3. The minimum absolute atomic E-state index is 0.0288. The molecule has 178 valence electrons. The molecule has 9 nitrogen and oxygen atoms in total. The Morgan fingerprint density at radius 2 is 2.00 bits per heavy atom. The van der Waals surface area contributed by atoms with Gasteiger partial charge in [-0.2, -0.15) is 0 Å². The summed E-state index contributed by atoms with van der Waals surface area (Å²) in [7, 11) is 3.51. The van der Waals surface area contributed by atoms with Crippen LogP contribution in [0.1, 0.15) is 36.0 Å². The number of likely N-dealkylation sites (N-methyl/N-ethyl adjacent to an activating group) is 1. The van der Waals surface area contributed by atoms with Crippen molar-refractivity contribution in [1.82, 2.24) is 34.5 Å². The van der Waals surface area contributed by atoms with Crippen LogP contribution in [0.25, 0.3) is 5.69 Å². The Hall–Kier alpha value is -3.11. The van der Waals surface area contributed by atoms with Crippen LogP contribution in [0.5, 0.6) is 0 Å². The fourth-order valence-electron chi connectivity index (χ4n) is 4.69. The Morgan fingerprint density at radius 1 is 1.21 bits per heavy atom. The number of carbonyl (C=O) groups is 1. The van der Waals surface area contributed by atoms with Crippen molar-refractivity contribution < 1.29 is 9.18 Å². The van der Waals surface area contributed by atoms with Crippen molar-refractivity contribution in [3.8, 4) is 5.69 Å². The average molecular weight is 485 g/mol. The summed E-state index contributed by atoms with van der Waals surface area (Å²) in [6.45, 7) is 2.70. The van der Waals surface area contributed by atoms with Crippen LogP contribution in [-0.2, 0) is 17.9 Å². The summed E-state index contributed by atoms with van der Waals surface area (Å²) >= 11 is 6.33. The third-order valence-electron chi connectivity index (χ3n) is 6.46. The fraction of sp³-hybridized carbons (Fsp3) is 0.435. The molecule has 2 aliphatic heterocycles. The van der Waals surface area contributed by atoms with Crippen molar-refractivity contribution in [3.63, 3.8) is 0 Å². The van der Waals surface area contributed by atoms with Gasteiger partial charge in [0.1, 0.15) is 12.2 Å². The molecule has 4 heterocycles. The van der Waals surface area contributed by atoms with E-state index in [9.17, 15) is 9.18 Å². The van der Waals surface area contributed by atoms with Crippen molar-refractivity contribution in [2.45, 2.75) is 31.8 Å². The zero-order chi connectivity index (χ0) is 23.8. The van der Waals surface area contributed by atoms with Crippen LogP contribution in [0.3, 0.4) is 0 Å². The molecule has 0 spiro atoms. The predicted octanol–water partition coefficient (Wildman–Crippen LogP) is 2.64.